The fraction of sp³-hybridized carbons (Fsp3) is 0.312. The predicted molar refractivity (Wildman–Crippen MR) is 78.2 cm³/mol. The maximum absolute atomic E-state index is 13.0. The van der Waals surface area contributed by atoms with Gasteiger partial charge in [-0.2, -0.15) is 0 Å². The summed E-state index contributed by atoms with van der Waals surface area (Å²) < 4.78 is 0. The van der Waals surface area contributed by atoms with Gasteiger partial charge in [-0.15, -0.1) is 0 Å². The van der Waals surface area contributed by atoms with Crippen molar-refractivity contribution in [1.82, 2.24) is 9.97 Å². The van der Waals surface area contributed by atoms with Gasteiger partial charge in [0.05, 0.1) is 11.1 Å². The van der Waals surface area contributed by atoms with Crippen LogP contribution in [0, 0.1) is 6.92 Å². The molecular formula is C16H15ClN2O. The van der Waals surface area contributed by atoms with Gasteiger partial charge in [-0.25, -0.2) is 4.98 Å². The lowest BCUT2D eigenvalue weighted by atomic mass is 9.68. The molecule has 0 saturated carbocycles. The van der Waals surface area contributed by atoms with E-state index >= 15 is 0 Å². The zero-order chi connectivity index (χ0) is 14.3. The Morgan fingerprint density at radius 1 is 1.40 bits per heavy atom. The first kappa shape index (κ1) is 13.3. The van der Waals surface area contributed by atoms with Crippen LogP contribution in [0.5, 0.6) is 0 Å². The number of hydrogen-bond donors (Lipinski definition) is 0. The Morgan fingerprint density at radius 2 is 2.20 bits per heavy atom. The number of carbonyl (C=O) groups is 1. The Labute approximate surface area is 123 Å². The van der Waals surface area contributed by atoms with Gasteiger partial charge in [-0.3, -0.25) is 9.78 Å². The SMILES string of the molecule is Cc1cc(Cl)nc2c1C(=O)C(C)(c1cccnc1)CC2. The Morgan fingerprint density at radius 3 is 2.90 bits per heavy atom. The molecule has 0 N–H and O–H groups in total. The van der Waals surface area contributed by atoms with Crippen molar-refractivity contribution in [2.24, 2.45) is 0 Å². The molecule has 1 aliphatic carbocycles. The number of carbonyl (C=O) groups excluding carboxylic acids is 1. The number of fused-ring (bicyclic) bond motifs is 1. The van der Waals surface area contributed by atoms with Gasteiger partial charge in [0, 0.05) is 18.0 Å². The summed E-state index contributed by atoms with van der Waals surface area (Å²) in [6.07, 6.45) is 4.99. The van der Waals surface area contributed by atoms with Crippen LogP contribution in [-0.4, -0.2) is 15.8 Å². The smallest absolute Gasteiger partial charge is 0.175 e. The van der Waals surface area contributed by atoms with E-state index in [0.717, 1.165) is 35.2 Å². The summed E-state index contributed by atoms with van der Waals surface area (Å²) in [6, 6.07) is 5.60. The zero-order valence-electron chi connectivity index (χ0n) is 11.5. The van der Waals surface area contributed by atoms with E-state index in [-0.39, 0.29) is 5.78 Å². The van der Waals surface area contributed by atoms with E-state index < -0.39 is 5.41 Å². The van der Waals surface area contributed by atoms with Crippen molar-refractivity contribution >= 4 is 17.4 Å². The standard InChI is InChI=1S/C16H15ClN2O/c1-10-8-13(17)19-12-5-6-16(2,15(20)14(10)12)11-4-3-7-18-9-11/h3-4,7-9H,5-6H2,1-2H3. The molecule has 2 aromatic heterocycles. The Bertz CT molecular complexity index is 684. The van der Waals surface area contributed by atoms with Crippen LogP contribution < -0.4 is 0 Å². The van der Waals surface area contributed by atoms with E-state index in [2.05, 4.69) is 9.97 Å². The molecule has 3 rings (SSSR count). The van der Waals surface area contributed by atoms with Gasteiger partial charge in [0.2, 0.25) is 0 Å². The molecule has 0 fully saturated rings. The Kier molecular flexibility index (Phi) is 3.09. The average molecular weight is 287 g/mol. The molecule has 20 heavy (non-hydrogen) atoms. The van der Waals surface area contributed by atoms with Crippen LogP contribution >= 0.6 is 11.6 Å². The normalized spacial score (nSPS) is 21.6. The quantitative estimate of drug-likeness (QED) is 0.753. The number of aryl methyl sites for hydroxylation is 2. The van der Waals surface area contributed by atoms with Gasteiger partial charge in [0.25, 0.3) is 0 Å². The number of pyridine rings is 2. The van der Waals surface area contributed by atoms with Crippen LogP contribution in [0.4, 0.5) is 0 Å². The van der Waals surface area contributed by atoms with Gasteiger partial charge in [0.15, 0.2) is 5.78 Å². The fourth-order valence-corrected chi connectivity index (χ4v) is 3.17. The summed E-state index contributed by atoms with van der Waals surface area (Å²) in [5.41, 5.74) is 2.89. The molecule has 3 nitrogen and oxygen atoms in total. The molecule has 0 aliphatic heterocycles. The van der Waals surface area contributed by atoms with Gasteiger partial charge in [0.1, 0.15) is 5.15 Å². The first-order valence-electron chi connectivity index (χ1n) is 6.64. The van der Waals surface area contributed by atoms with Crippen LogP contribution in [0.1, 0.15) is 40.5 Å². The third kappa shape index (κ3) is 1.93. The second-order valence-electron chi connectivity index (χ2n) is 5.49. The van der Waals surface area contributed by atoms with Gasteiger partial charge >= 0.3 is 0 Å². The second-order valence-corrected chi connectivity index (χ2v) is 5.87. The molecule has 2 aromatic rings. The topological polar surface area (TPSA) is 42.9 Å². The van der Waals surface area contributed by atoms with Crippen molar-refractivity contribution < 1.29 is 4.79 Å². The van der Waals surface area contributed by atoms with Crippen LogP contribution in [0.3, 0.4) is 0 Å². The monoisotopic (exact) mass is 286 g/mol. The van der Waals surface area contributed by atoms with Gasteiger partial charge in [-0.05, 0) is 49.9 Å². The Hall–Kier alpha value is -1.74. The number of hydrogen-bond acceptors (Lipinski definition) is 3. The minimum Gasteiger partial charge on any atom is -0.293 e. The summed E-state index contributed by atoms with van der Waals surface area (Å²) in [7, 11) is 0. The first-order chi connectivity index (χ1) is 9.52. The molecule has 0 bridgehead atoms. The van der Waals surface area contributed by atoms with Crippen molar-refractivity contribution in [3.8, 4) is 0 Å². The van der Waals surface area contributed by atoms with Crippen molar-refractivity contribution in [3.63, 3.8) is 0 Å². The molecule has 1 unspecified atom stereocenters. The lowest BCUT2D eigenvalue weighted by molar-refractivity contribution is 0.0873. The number of ketones is 1. The number of Topliss-reactive ketones (excluding diaryl/α,β-unsaturated/α-hetero) is 1. The largest absolute Gasteiger partial charge is 0.293 e. The number of rotatable bonds is 1. The van der Waals surface area contributed by atoms with Crippen molar-refractivity contribution in [1.29, 1.82) is 0 Å². The number of aromatic nitrogens is 2. The Balaban J connectivity index is 2.14. The van der Waals surface area contributed by atoms with Crippen LogP contribution in [0.15, 0.2) is 30.6 Å². The lowest BCUT2D eigenvalue weighted by Crippen LogP contribution is -2.38. The molecule has 0 spiro atoms. The highest BCUT2D eigenvalue weighted by atomic mass is 35.5. The highest BCUT2D eigenvalue weighted by molar-refractivity contribution is 6.29. The van der Waals surface area contributed by atoms with Crippen LogP contribution in [0.25, 0.3) is 0 Å². The number of halogens is 1. The highest BCUT2D eigenvalue weighted by Crippen LogP contribution is 2.38. The van der Waals surface area contributed by atoms with Crippen molar-refractivity contribution in [2.45, 2.75) is 32.1 Å². The summed E-state index contributed by atoms with van der Waals surface area (Å²) >= 11 is 5.99. The molecule has 0 saturated heterocycles. The third-order valence-corrected chi connectivity index (χ3v) is 4.34. The highest BCUT2D eigenvalue weighted by Gasteiger charge is 2.41. The zero-order valence-corrected chi connectivity index (χ0v) is 12.2. The van der Waals surface area contributed by atoms with E-state index in [1.165, 1.54) is 0 Å². The minimum atomic E-state index is -0.526. The molecule has 4 heteroatoms. The summed E-state index contributed by atoms with van der Waals surface area (Å²) in [4.78, 5) is 21.4. The third-order valence-electron chi connectivity index (χ3n) is 4.15. The van der Waals surface area contributed by atoms with E-state index in [0.29, 0.717) is 5.15 Å². The summed E-state index contributed by atoms with van der Waals surface area (Å²) in [6.45, 7) is 3.91. The molecule has 0 aromatic carbocycles. The number of nitrogens with zero attached hydrogens (tertiary/aromatic N) is 2. The molecular weight excluding hydrogens is 272 g/mol. The van der Waals surface area contributed by atoms with Crippen LogP contribution in [-0.2, 0) is 11.8 Å². The van der Waals surface area contributed by atoms with Gasteiger partial charge < -0.3 is 0 Å². The molecule has 2 heterocycles. The second kappa shape index (κ2) is 4.67. The molecule has 1 aliphatic rings. The first-order valence-corrected chi connectivity index (χ1v) is 7.01. The molecule has 0 radical (unpaired) electrons. The minimum absolute atomic E-state index is 0.119. The molecule has 0 amide bonds. The predicted octanol–water partition coefficient (Wildman–Crippen LogP) is 3.53. The fourth-order valence-electron chi connectivity index (χ4n) is 2.91. The molecule has 102 valence electrons. The lowest BCUT2D eigenvalue weighted by Gasteiger charge is -2.33. The van der Waals surface area contributed by atoms with Crippen molar-refractivity contribution in [2.75, 3.05) is 0 Å². The van der Waals surface area contributed by atoms with E-state index in [1.807, 2.05) is 26.0 Å². The molecule has 1 atom stereocenters. The summed E-state index contributed by atoms with van der Waals surface area (Å²) in [5, 5.41) is 0.457. The van der Waals surface area contributed by atoms with Gasteiger partial charge in [-0.1, -0.05) is 17.7 Å². The maximum Gasteiger partial charge on any atom is 0.175 e. The van der Waals surface area contributed by atoms with E-state index in [4.69, 9.17) is 11.6 Å². The average Bonchev–Trinajstić information content (AvgIpc) is 2.43. The maximum atomic E-state index is 13.0. The van der Waals surface area contributed by atoms with Crippen molar-refractivity contribution in [3.05, 3.63) is 58.1 Å². The summed E-state index contributed by atoms with van der Waals surface area (Å²) in [5.74, 6) is 0.119. The van der Waals surface area contributed by atoms with Crippen LogP contribution in [0.2, 0.25) is 5.15 Å². The van der Waals surface area contributed by atoms with E-state index in [1.54, 1.807) is 18.5 Å². The van der Waals surface area contributed by atoms with E-state index in [9.17, 15) is 4.79 Å².